The number of likely N-dealkylation sites (N-methyl/N-ethyl adjacent to an activating group) is 1. The van der Waals surface area contributed by atoms with Gasteiger partial charge in [-0.3, -0.25) is 0 Å². The van der Waals surface area contributed by atoms with Gasteiger partial charge in [0.1, 0.15) is 0 Å². The summed E-state index contributed by atoms with van der Waals surface area (Å²) in [4.78, 5) is 13.2. The van der Waals surface area contributed by atoms with Crippen LogP contribution in [0.3, 0.4) is 0 Å². The second-order valence-corrected chi connectivity index (χ2v) is 4.03. The van der Waals surface area contributed by atoms with Crippen molar-refractivity contribution >= 4 is 17.6 Å². The highest BCUT2D eigenvalue weighted by molar-refractivity contribution is 6.30. The molecule has 1 aliphatic heterocycles. The van der Waals surface area contributed by atoms with Crippen LogP contribution in [-0.2, 0) is 0 Å². The monoisotopic (exact) mass is 224 g/mol. The van der Waals surface area contributed by atoms with Gasteiger partial charge >= 0.3 is 6.03 Å². The van der Waals surface area contributed by atoms with Gasteiger partial charge in [0.05, 0.1) is 6.04 Å². The van der Waals surface area contributed by atoms with Crippen molar-refractivity contribution in [2.45, 2.75) is 13.0 Å². The molecule has 4 heteroatoms. The van der Waals surface area contributed by atoms with Crippen molar-refractivity contribution in [2.75, 3.05) is 13.1 Å². The van der Waals surface area contributed by atoms with Crippen LogP contribution in [0.2, 0.25) is 5.02 Å². The van der Waals surface area contributed by atoms with Gasteiger partial charge in [0.15, 0.2) is 0 Å². The molecule has 1 atom stereocenters. The fourth-order valence-electron chi connectivity index (χ4n) is 1.75. The zero-order chi connectivity index (χ0) is 10.8. The summed E-state index contributed by atoms with van der Waals surface area (Å²) in [6.45, 7) is 3.46. The predicted molar refractivity (Wildman–Crippen MR) is 60.0 cm³/mol. The third-order valence-electron chi connectivity index (χ3n) is 2.64. The normalized spacial score (nSPS) is 20.5. The Morgan fingerprint density at radius 1 is 1.47 bits per heavy atom. The zero-order valence-electron chi connectivity index (χ0n) is 8.53. The molecule has 1 heterocycles. The molecule has 2 rings (SSSR count). The van der Waals surface area contributed by atoms with Crippen LogP contribution in [0.4, 0.5) is 4.79 Å². The first-order chi connectivity index (χ1) is 7.20. The van der Waals surface area contributed by atoms with Crippen molar-refractivity contribution in [1.82, 2.24) is 10.2 Å². The molecular formula is C11H13ClN2O. The van der Waals surface area contributed by atoms with Crippen molar-refractivity contribution in [3.8, 4) is 0 Å². The number of benzene rings is 1. The van der Waals surface area contributed by atoms with E-state index in [1.807, 2.05) is 31.2 Å². The van der Waals surface area contributed by atoms with Crippen LogP contribution in [0.25, 0.3) is 0 Å². The number of carbonyl (C=O) groups excluding carboxylic acids is 1. The molecule has 3 nitrogen and oxygen atoms in total. The molecule has 0 saturated carbocycles. The third-order valence-corrected chi connectivity index (χ3v) is 2.89. The molecule has 1 saturated heterocycles. The lowest BCUT2D eigenvalue weighted by Crippen LogP contribution is -2.27. The van der Waals surface area contributed by atoms with E-state index in [-0.39, 0.29) is 12.1 Å². The molecule has 2 amide bonds. The molecule has 1 aliphatic rings. The quantitative estimate of drug-likeness (QED) is 0.822. The molecule has 15 heavy (non-hydrogen) atoms. The van der Waals surface area contributed by atoms with Crippen LogP contribution in [0, 0.1) is 0 Å². The van der Waals surface area contributed by atoms with Gasteiger partial charge in [0.2, 0.25) is 0 Å². The molecule has 1 aromatic rings. The van der Waals surface area contributed by atoms with Crippen LogP contribution >= 0.6 is 11.6 Å². The number of nitrogens with zero attached hydrogens (tertiary/aromatic N) is 1. The minimum atomic E-state index is 0.0115. The smallest absolute Gasteiger partial charge is 0.318 e. The maximum absolute atomic E-state index is 11.4. The number of amides is 2. The highest BCUT2D eigenvalue weighted by atomic mass is 35.5. The van der Waals surface area contributed by atoms with E-state index in [4.69, 9.17) is 11.6 Å². The molecule has 1 unspecified atom stereocenters. The van der Waals surface area contributed by atoms with E-state index in [1.54, 1.807) is 4.90 Å². The summed E-state index contributed by atoms with van der Waals surface area (Å²) < 4.78 is 0. The van der Waals surface area contributed by atoms with E-state index in [0.29, 0.717) is 0 Å². The highest BCUT2D eigenvalue weighted by Gasteiger charge is 2.28. The maximum atomic E-state index is 11.4. The number of nitrogens with one attached hydrogen (secondary N) is 1. The maximum Gasteiger partial charge on any atom is 0.318 e. The molecule has 0 aromatic heterocycles. The lowest BCUT2D eigenvalue weighted by Gasteiger charge is -2.11. The van der Waals surface area contributed by atoms with Gasteiger partial charge in [0, 0.05) is 18.1 Å². The third kappa shape index (κ3) is 2.07. The average Bonchev–Trinajstić information content (AvgIpc) is 2.61. The van der Waals surface area contributed by atoms with Crippen LogP contribution in [0.1, 0.15) is 18.5 Å². The fourth-order valence-corrected chi connectivity index (χ4v) is 1.87. The summed E-state index contributed by atoms with van der Waals surface area (Å²) in [5, 5.41) is 3.65. The number of carbonyl (C=O) groups is 1. The van der Waals surface area contributed by atoms with Crippen molar-refractivity contribution in [1.29, 1.82) is 0 Å². The molecule has 0 aliphatic carbocycles. The summed E-state index contributed by atoms with van der Waals surface area (Å²) >= 11 is 5.81. The fraction of sp³-hybridized carbons (Fsp3) is 0.364. The first-order valence-corrected chi connectivity index (χ1v) is 5.39. The van der Waals surface area contributed by atoms with Crippen LogP contribution in [0.15, 0.2) is 24.3 Å². The van der Waals surface area contributed by atoms with Crippen LogP contribution in [0.5, 0.6) is 0 Å². The van der Waals surface area contributed by atoms with Gasteiger partial charge in [-0.25, -0.2) is 4.79 Å². The zero-order valence-corrected chi connectivity index (χ0v) is 9.29. The number of rotatable bonds is 2. The molecule has 0 bridgehead atoms. The summed E-state index contributed by atoms with van der Waals surface area (Å²) in [7, 11) is 0. The first kappa shape index (κ1) is 10.3. The van der Waals surface area contributed by atoms with Gasteiger partial charge in [-0.05, 0) is 24.6 Å². The lowest BCUT2D eigenvalue weighted by molar-refractivity contribution is 0.219. The van der Waals surface area contributed by atoms with Crippen LogP contribution < -0.4 is 5.32 Å². The summed E-state index contributed by atoms with van der Waals surface area (Å²) in [5.74, 6) is 0. The van der Waals surface area contributed by atoms with Gasteiger partial charge in [-0.2, -0.15) is 0 Å². The highest BCUT2D eigenvalue weighted by Crippen LogP contribution is 2.21. The Labute approximate surface area is 94.0 Å². The van der Waals surface area contributed by atoms with E-state index in [2.05, 4.69) is 5.32 Å². The van der Waals surface area contributed by atoms with E-state index >= 15 is 0 Å². The number of hydrogen-bond donors (Lipinski definition) is 1. The molecule has 0 spiro atoms. The van der Waals surface area contributed by atoms with E-state index in [9.17, 15) is 4.79 Å². The average molecular weight is 225 g/mol. The van der Waals surface area contributed by atoms with E-state index < -0.39 is 0 Å². The first-order valence-electron chi connectivity index (χ1n) is 5.01. The molecule has 1 N–H and O–H groups in total. The molecule has 1 fully saturated rings. The SMILES string of the molecule is CCN1CC(c2ccc(Cl)cc2)NC1=O. The Hall–Kier alpha value is -1.22. The Kier molecular flexibility index (Phi) is 2.82. The summed E-state index contributed by atoms with van der Waals surface area (Å²) in [5.41, 5.74) is 1.10. The van der Waals surface area contributed by atoms with Crippen molar-refractivity contribution in [2.24, 2.45) is 0 Å². The second kappa shape index (κ2) is 4.11. The molecule has 80 valence electrons. The molecule has 0 radical (unpaired) electrons. The van der Waals surface area contributed by atoms with Gasteiger partial charge in [-0.15, -0.1) is 0 Å². The number of hydrogen-bond acceptors (Lipinski definition) is 1. The van der Waals surface area contributed by atoms with Crippen molar-refractivity contribution in [3.63, 3.8) is 0 Å². The Morgan fingerprint density at radius 2 is 2.13 bits per heavy atom. The minimum absolute atomic E-state index is 0.0115. The molecular weight excluding hydrogens is 212 g/mol. The van der Waals surface area contributed by atoms with Crippen LogP contribution in [-0.4, -0.2) is 24.0 Å². The standard InChI is InChI=1S/C11H13ClN2O/c1-2-14-7-10(13-11(14)15)8-3-5-9(12)6-4-8/h3-6,10H,2,7H2,1H3,(H,13,15). The lowest BCUT2D eigenvalue weighted by atomic mass is 10.1. The molecule has 1 aromatic carbocycles. The summed E-state index contributed by atoms with van der Waals surface area (Å²) in [6, 6.07) is 7.70. The Bertz CT molecular complexity index is 363. The van der Waals surface area contributed by atoms with Crippen molar-refractivity contribution < 1.29 is 4.79 Å². The Balaban J connectivity index is 2.13. The Morgan fingerprint density at radius 3 is 2.67 bits per heavy atom. The van der Waals surface area contributed by atoms with Gasteiger partial charge in [-0.1, -0.05) is 23.7 Å². The predicted octanol–water partition coefficient (Wildman–Crippen LogP) is 2.43. The number of urea groups is 1. The summed E-state index contributed by atoms with van der Waals surface area (Å²) in [6.07, 6.45) is 0. The van der Waals surface area contributed by atoms with Gasteiger partial charge in [0.25, 0.3) is 0 Å². The van der Waals surface area contributed by atoms with E-state index in [0.717, 1.165) is 23.7 Å². The topological polar surface area (TPSA) is 32.3 Å². The van der Waals surface area contributed by atoms with Crippen molar-refractivity contribution in [3.05, 3.63) is 34.9 Å². The minimum Gasteiger partial charge on any atom is -0.329 e. The second-order valence-electron chi connectivity index (χ2n) is 3.59. The number of halogens is 1. The largest absolute Gasteiger partial charge is 0.329 e. The van der Waals surface area contributed by atoms with Gasteiger partial charge < -0.3 is 10.2 Å². The van der Waals surface area contributed by atoms with E-state index in [1.165, 1.54) is 0 Å².